The molecule has 4 aromatic rings. The van der Waals surface area contributed by atoms with E-state index in [4.69, 9.17) is 9.47 Å². The van der Waals surface area contributed by atoms with Crippen LogP contribution in [-0.4, -0.2) is 74.0 Å². The molecule has 0 aliphatic carbocycles. The predicted octanol–water partition coefficient (Wildman–Crippen LogP) is 1.98. The number of ether oxygens (including phenoxy) is 2. The van der Waals surface area contributed by atoms with Crippen molar-refractivity contribution in [2.45, 2.75) is 44.9 Å². The van der Waals surface area contributed by atoms with Crippen LogP contribution < -0.4 is 16.0 Å². The molecule has 12 nitrogen and oxygen atoms in total. The maximum absolute atomic E-state index is 14.4. The molecule has 2 atom stereocenters. The minimum atomic E-state index is -1.42. The molecule has 5 rings (SSSR count). The van der Waals surface area contributed by atoms with Gasteiger partial charge < -0.3 is 19.5 Å². The van der Waals surface area contributed by atoms with Crippen LogP contribution in [0.5, 0.6) is 5.75 Å². The van der Waals surface area contributed by atoms with E-state index in [0.717, 1.165) is 15.9 Å². The molecule has 1 fully saturated rings. The normalized spacial score (nSPS) is 18.3. The van der Waals surface area contributed by atoms with E-state index in [-0.39, 0.29) is 31.1 Å². The van der Waals surface area contributed by atoms with E-state index in [1.165, 1.54) is 52.0 Å². The number of thiophene rings is 1. The molecule has 0 bridgehead atoms. The van der Waals surface area contributed by atoms with Crippen LogP contribution in [0.4, 0.5) is 4.39 Å². The van der Waals surface area contributed by atoms with Crippen LogP contribution in [0.1, 0.15) is 37.0 Å². The molecule has 41 heavy (non-hydrogen) atoms. The van der Waals surface area contributed by atoms with Gasteiger partial charge in [0.15, 0.2) is 0 Å². The van der Waals surface area contributed by atoms with Crippen LogP contribution in [-0.2, 0) is 21.6 Å². The van der Waals surface area contributed by atoms with Crippen molar-refractivity contribution < 1.29 is 23.8 Å². The van der Waals surface area contributed by atoms with Crippen LogP contribution >= 0.6 is 11.3 Å². The molecule has 0 spiro atoms. The molecule has 1 aliphatic heterocycles. The standard InChI is InChI=1S/C27H31FN6O6S/c1-16-21-22(36)33(27(2)8-5-11-31(3)25(27)37)26(38)32(24(21)41-23(16)34-29-9-10-30-34)15-20(40-13-12-35)18-14-17(28)6-7-19(18)39-4/h6-7,9-10,14,20,35H,5,8,11-13,15H2,1-4H3/t20-,27+/m0/s1. The second-order valence-electron chi connectivity index (χ2n) is 10.1. The summed E-state index contributed by atoms with van der Waals surface area (Å²) in [4.78, 5) is 45.2. The Morgan fingerprint density at radius 1 is 1.22 bits per heavy atom. The Balaban J connectivity index is 1.80. The van der Waals surface area contributed by atoms with Crippen molar-refractivity contribution in [3.05, 3.63) is 68.4 Å². The Kier molecular flexibility index (Phi) is 7.81. The number of aliphatic hydroxyl groups is 1. The van der Waals surface area contributed by atoms with Gasteiger partial charge in [0.25, 0.3) is 5.56 Å². The minimum absolute atomic E-state index is 0.102. The van der Waals surface area contributed by atoms with Crippen molar-refractivity contribution in [1.29, 1.82) is 0 Å². The van der Waals surface area contributed by atoms with E-state index in [1.807, 2.05) is 0 Å². The first-order valence-corrected chi connectivity index (χ1v) is 13.9. The Morgan fingerprint density at radius 3 is 2.63 bits per heavy atom. The van der Waals surface area contributed by atoms with E-state index in [0.29, 0.717) is 46.1 Å². The minimum Gasteiger partial charge on any atom is -0.496 e. The van der Waals surface area contributed by atoms with Crippen LogP contribution in [0.3, 0.4) is 0 Å². The number of aliphatic hydroxyl groups excluding tert-OH is 1. The second kappa shape index (κ2) is 11.2. The molecule has 1 aliphatic rings. The number of halogens is 1. The number of fused-ring (bicyclic) bond motifs is 1. The molecule has 218 valence electrons. The Labute approximate surface area is 238 Å². The highest BCUT2D eigenvalue weighted by Crippen LogP contribution is 2.35. The van der Waals surface area contributed by atoms with Gasteiger partial charge in [-0.15, -0.1) is 4.80 Å². The number of rotatable bonds is 9. The van der Waals surface area contributed by atoms with E-state index in [9.17, 15) is 23.9 Å². The second-order valence-corrected chi connectivity index (χ2v) is 11.1. The number of benzene rings is 1. The lowest BCUT2D eigenvalue weighted by atomic mass is 9.89. The van der Waals surface area contributed by atoms with Crippen molar-refractivity contribution in [3.63, 3.8) is 0 Å². The van der Waals surface area contributed by atoms with Gasteiger partial charge in [-0.3, -0.25) is 14.2 Å². The summed E-state index contributed by atoms with van der Waals surface area (Å²) in [5, 5.41) is 18.7. The monoisotopic (exact) mass is 586 g/mol. The lowest BCUT2D eigenvalue weighted by Gasteiger charge is -2.38. The fourth-order valence-electron chi connectivity index (χ4n) is 5.49. The number of nitrogens with zero attached hydrogens (tertiary/aromatic N) is 6. The number of hydrogen-bond donors (Lipinski definition) is 1. The highest BCUT2D eigenvalue weighted by Gasteiger charge is 2.43. The van der Waals surface area contributed by atoms with Gasteiger partial charge in [0.1, 0.15) is 33.0 Å². The third-order valence-electron chi connectivity index (χ3n) is 7.54. The lowest BCUT2D eigenvalue weighted by molar-refractivity contribution is -0.142. The first-order valence-electron chi connectivity index (χ1n) is 13.1. The predicted molar refractivity (Wildman–Crippen MR) is 149 cm³/mol. The maximum atomic E-state index is 14.4. The Hall–Kier alpha value is -3.88. The lowest BCUT2D eigenvalue weighted by Crippen LogP contribution is -2.59. The van der Waals surface area contributed by atoms with Gasteiger partial charge in [0.2, 0.25) is 5.91 Å². The number of aryl methyl sites for hydroxylation is 1. The van der Waals surface area contributed by atoms with Gasteiger partial charge >= 0.3 is 5.69 Å². The average Bonchev–Trinajstić information content (AvgIpc) is 3.59. The fraction of sp³-hybridized carbons (Fsp3) is 0.444. The van der Waals surface area contributed by atoms with Crippen LogP contribution in [0.25, 0.3) is 15.2 Å². The third-order valence-corrected chi connectivity index (χ3v) is 8.82. The summed E-state index contributed by atoms with van der Waals surface area (Å²) in [5.41, 5.74) is -1.85. The van der Waals surface area contributed by atoms with E-state index < -0.39 is 28.7 Å². The number of amides is 1. The van der Waals surface area contributed by atoms with Gasteiger partial charge in [0, 0.05) is 24.7 Å². The quantitative estimate of drug-likeness (QED) is 0.315. The average molecular weight is 587 g/mol. The zero-order valence-corrected chi connectivity index (χ0v) is 24.0. The molecule has 0 radical (unpaired) electrons. The van der Waals surface area contributed by atoms with Crippen LogP contribution in [0.15, 0.2) is 40.2 Å². The largest absolute Gasteiger partial charge is 0.496 e. The zero-order valence-electron chi connectivity index (χ0n) is 23.2. The summed E-state index contributed by atoms with van der Waals surface area (Å²) in [7, 11) is 3.08. The summed E-state index contributed by atoms with van der Waals surface area (Å²) in [6.45, 7) is 3.28. The molecule has 1 saturated heterocycles. The first kappa shape index (κ1) is 28.6. The molecule has 14 heteroatoms. The Morgan fingerprint density at radius 2 is 1.95 bits per heavy atom. The number of carbonyl (C=O) groups is 1. The van der Waals surface area contributed by atoms with E-state index >= 15 is 0 Å². The molecule has 0 saturated carbocycles. The maximum Gasteiger partial charge on any atom is 0.333 e. The summed E-state index contributed by atoms with van der Waals surface area (Å²) < 4.78 is 28.2. The summed E-state index contributed by atoms with van der Waals surface area (Å²) in [6.07, 6.45) is 2.96. The van der Waals surface area contributed by atoms with Gasteiger partial charge in [-0.1, -0.05) is 11.3 Å². The van der Waals surface area contributed by atoms with E-state index in [1.54, 1.807) is 20.9 Å². The number of piperidine rings is 1. The highest BCUT2D eigenvalue weighted by molar-refractivity contribution is 7.21. The topological polar surface area (TPSA) is 134 Å². The number of aromatic nitrogens is 5. The SMILES string of the molecule is COc1ccc(F)cc1[C@H](Cn1c(=O)n([C@]2(C)CCCN(C)C2=O)c(=O)c2c(C)c(-n3nccn3)sc21)OCCO. The van der Waals surface area contributed by atoms with Crippen molar-refractivity contribution in [2.24, 2.45) is 0 Å². The fourth-order valence-corrected chi connectivity index (χ4v) is 6.71. The van der Waals surface area contributed by atoms with Crippen LogP contribution in [0.2, 0.25) is 0 Å². The molecule has 1 amide bonds. The number of likely N-dealkylation sites (N-methyl/N-ethyl adjacent to an activating group) is 1. The first-order chi connectivity index (χ1) is 19.6. The van der Waals surface area contributed by atoms with Crippen molar-refractivity contribution in [1.82, 2.24) is 29.0 Å². The van der Waals surface area contributed by atoms with Gasteiger partial charge in [-0.2, -0.15) is 10.2 Å². The summed E-state index contributed by atoms with van der Waals surface area (Å²) in [5.74, 6) is -0.550. The number of carbonyl (C=O) groups excluding carboxylic acids is 1. The summed E-state index contributed by atoms with van der Waals surface area (Å²) in [6, 6.07) is 3.94. The van der Waals surface area contributed by atoms with Crippen molar-refractivity contribution in [3.8, 4) is 10.8 Å². The number of methoxy groups -OCH3 is 1. The molecule has 1 N–H and O–H groups in total. The number of hydrogen-bond acceptors (Lipinski definition) is 9. The van der Waals surface area contributed by atoms with Gasteiger partial charge in [-0.25, -0.2) is 13.8 Å². The summed E-state index contributed by atoms with van der Waals surface area (Å²) >= 11 is 1.15. The van der Waals surface area contributed by atoms with Gasteiger partial charge in [0.05, 0.1) is 44.6 Å². The zero-order chi connectivity index (χ0) is 29.5. The molecular weight excluding hydrogens is 555 g/mol. The third kappa shape index (κ3) is 4.85. The van der Waals surface area contributed by atoms with Gasteiger partial charge in [-0.05, 0) is 44.9 Å². The molecular formula is C27H31FN6O6S. The molecule has 3 aromatic heterocycles. The van der Waals surface area contributed by atoms with Crippen molar-refractivity contribution >= 4 is 27.5 Å². The van der Waals surface area contributed by atoms with Crippen molar-refractivity contribution in [2.75, 3.05) is 33.9 Å². The molecule has 4 heterocycles. The van der Waals surface area contributed by atoms with Crippen LogP contribution in [0, 0.1) is 12.7 Å². The highest BCUT2D eigenvalue weighted by atomic mass is 32.1. The molecule has 0 unspecified atom stereocenters. The Bertz CT molecular complexity index is 1710. The smallest absolute Gasteiger partial charge is 0.333 e. The molecule has 1 aromatic carbocycles. The number of likely N-dealkylation sites (tertiary alicyclic amines) is 1. The van der Waals surface area contributed by atoms with E-state index in [2.05, 4.69) is 10.2 Å².